The normalized spacial score (nSPS) is 12.3. The molecule has 2 N–H and O–H groups in total. The summed E-state index contributed by atoms with van der Waals surface area (Å²) in [5.41, 5.74) is -2.34. The van der Waals surface area contributed by atoms with Gasteiger partial charge in [0.2, 0.25) is 12.4 Å². The lowest BCUT2D eigenvalue weighted by molar-refractivity contribution is -0.138. The average molecular weight is 439 g/mol. The van der Waals surface area contributed by atoms with E-state index < -0.39 is 53.4 Å². The molecule has 0 aliphatic rings. The van der Waals surface area contributed by atoms with Gasteiger partial charge in [0, 0.05) is 18.5 Å². The number of H-pyrrole nitrogens is 1. The first-order chi connectivity index (χ1) is 14.7. The van der Waals surface area contributed by atoms with Crippen LogP contribution in [0.1, 0.15) is 33.2 Å². The van der Waals surface area contributed by atoms with Crippen LogP contribution in [0.25, 0.3) is 0 Å². The molecule has 1 atom stereocenters. The number of nitrogens with one attached hydrogen (secondary N) is 2. The average Bonchev–Trinajstić information content (AvgIpc) is 2.73. The minimum atomic E-state index is -4.81. The molecule has 0 bridgehead atoms. The number of aromatic nitrogens is 2. The Morgan fingerprint density at radius 2 is 1.97 bits per heavy atom. The van der Waals surface area contributed by atoms with Crippen LogP contribution in [0.2, 0.25) is 0 Å². The number of rotatable bonds is 6. The Labute approximate surface area is 171 Å². The number of halogens is 5. The van der Waals surface area contributed by atoms with E-state index in [-0.39, 0.29) is 11.1 Å². The monoisotopic (exact) mass is 439 g/mol. The van der Waals surface area contributed by atoms with E-state index in [4.69, 9.17) is 0 Å². The molecule has 0 saturated carbocycles. The lowest BCUT2D eigenvalue weighted by Crippen LogP contribution is -2.32. The van der Waals surface area contributed by atoms with Crippen molar-refractivity contribution >= 4 is 5.91 Å². The Morgan fingerprint density at radius 1 is 1.19 bits per heavy atom. The number of ether oxygens (including phenoxy) is 1. The predicted octanol–water partition coefficient (Wildman–Crippen LogP) is 3.75. The van der Waals surface area contributed by atoms with Crippen molar-refractivity contribution in [2.24, 2.45) is 0 Å². The molecule has 1 amide bonds. The van der Waals surface area contributed by atoms with Gasteiger partial charge in [-0.2, -0.15) is 13.2 Å². The molecule has 0 unspecified atom stereocenters. The Bertz CT molecular complexity index is 1130. The fourth-order valence-electron chi connectivity index (χ4n) is 2.84. The van der Waals surface area contributed by atoms with E-state index in [2.05, 4.69) is 20.0 Å². The highest BCUT2D eigenvalue weighted by molar-refractivity contribution is 5.94. The standard InChI is InChI=1S/C20H14F5N3O3/c21-10-31-15-5-3-11(8-14(15)22)17(18-13(20(23,24)25)2-1-7-26-18)28-19(30)12-4-6-16(29)27-9-12/h1-9,17H,10H2,(H,27,29)(H,28,30)/t17-/m0/s1. The maximum Gasteiger partial charge on any atom is 0.418 e. The third-order valence-corrected chi connectivity index (χ3v) is 4.24. The molecule has 3 aromatic rings. The van der Waals surface area contributed by atoms with Gasteiger partial charge in [0.05, 0.1) is 22.9 Å². The van der Waals surface area contributed by atoms with E-state index in [0.29, 0.717) is 0 Å². The first-order valence-corrected chi connectivity index (χ1v) is 8.70. The molecule has 0 saturated heterocycles. The maximum absolute atomic E-state index is 14.3. The molecule has 0 spiro atoms. The van der Waals surface area contributed by atoms with Crippen LogP contribution in [0.15, 0.2) is 59.7 Å². The van der Waals surface area contributed by atoms with Crippen molar-refractivity contribution in [3.05, 3.63) is 93.4 Å². The second-order valence-corrected chi connectivity index (χ2v) is 6.23. The van der Waals surface area contributed by atoms with Crippen molar-refractivity contribution in [1.29, 1.82) is 0 Å². The summed E-state index contributed by atoms with van der Waals surface area (Å²) in [4.78, 5) is 29.8. The molecule has 2 aromatic heterocycles. The minimum absolute atomic E-state index is 0.0491. The number of hydrogen-bond donors (Lipinski definition) is 2. The lowest BCUT2D eigenvalue weighted by Gasteiger charge is -2.22. The summed E-state index contributed by atoms with van der Waals surface area (Å²) >= 11 is 0. The number of alkyl halides is 4. The first-order valence-electron chi connectivity index (χ1n) is 8.70. The van der Waals surface area contributed by atoms with Gasteiger partial charge in [0.1, 0.15) is 0 Å². The topological polar surface area (TPSA) is 84.1 Å². The van der Waals surface area contributed by atoms with Crippen molar-refractivity contribution in [2.45, 2.75) is 12.2 Å². The number of benzene rings is 1. The second-order valence-electron chi connectivity index (χ2n) is 6.23. The molecule has 0 aliphatic carbocycles. The molecule has 6 nitrogen and oxygen atoms in total. The number of nitrogens with zero attached hydrogens (tertiary/aromatic N) is 1. The van der Waals surface area contributed by atoms with E-state index in [1.807, 2.05) is 0 Å². The smallest absolute Gasteiger partial charge is 0.418 e. The number of amides is 1. The van der Waals surface area contributed by atoms with E-state index in [1.54, 1.807) is 0 Å². The molecule has 1 aromatic carbocycles. The molecule has 0 aliphatic heterocycles. The van der Waals surface area contributed by atoms with Crippen molar-refractivity contribution in [3.63, 3.8) is 0 Å². The Kier molecular flexibility index (Phi) is 6.33. The van der Waals surface area contributed by atoms with Crippen molar-refractivity contribution in [1.82, 2.24) is 15.3 Å². The van der Waals surface area contributed by atoms with Gasteiger partial charge in [-0.25, -0.2) is 8.78 Å². The molecule has 162 valence electrons. The highest BCUT2D eigenvalue weighted by Crippen LogP contribution is 2.36. The van der Waals surface area contributed by atoms with Gasteiger partial charge in [-0.3, -0.25) is 14.6 Å². The van der Waals surface area contributed by atoms with Crippen molar-refractivity contribution < 1.29 is 31.5 Å². The van der Waals surface area contributed by atoms with Gasteiger partial charge in [-0.15, -0.1) is 0 Å². The third kappa shape index (κ3) is 5.05. The fraction of sp³-hybridized carbons (Fsp3) is 0.150. The summed E-state index contributed by atoms with van der Waals surface area (Å²) in [5, 5.41) is 2.37. The summed E-state index contributed by atoms with van der Waals surface area (Å²) in [6, 6.07) is 5.59. The summed E-state index contributed by atoms with van der Waals surface area (Å²) in [5.74, 6) is -2.33. The highest BCUT2D eigenvalue weighted by Gasteiger charge is 2.37. The van der Waals surface area contributed by atoms with Crippen LogP contribution in [0.5, 0.6) is 5.75 Å². The predicted molar refractivity (Wildman–Crippen MR) is 98.6 cm³/mol. The molecule has 11 heteroatoms. The molecule has 0 fully saturated rings. The van der Waals surface area contributed by atoms with Gasteiger partial charge >= 0.3 is 6.18 Å². The molecule has 2 heterocycles. The van der Waals surface area contributed by atoms with Gasteiger partial charge in [0.15, 0.2) is 11.6 Å². The maximum atomic E-state index is 14.3. The van der Waals surface area contributed by atoms with Gasteiger partial charge < -0.3 is 15.0 Å². The van der Waals surface area contributed by atoms with Crippen LogP contribution in [0, 0.1) is 5.82 Å². The zero-order valence-corrected chi connectivity index (χ0v) is 15.5. The quantitative estimate of drug-likeness (QED) is 0.573. The van der Waals surface area contributed by atoms with Crippen molar-refractivity contribution in [2.75, 3.05) is 6.86 Å². The summed E-state index contributed by atoms with van der Waals surface area (Å²) in [6.07, 6.45) is -2.63. The number of pyridine rings is 2. The molecular formula is C20H14F5N3O3. The Hall–Kier alpha value is -3.76. The largest absolute Gasteiger partial charge is 0.460 e. The molecule has 31 heavy (non-hydrogen) atoms. The summed E-state index contributed by atoms with van der Waals surface area (Å²) in [6.45, 7) is -1.30. The molecular weight excluding hydrogens is 425 g/mol. The van der Waals surface area contributed by atoms with Crippen LogP contribution in [0.4, 0.5) is 22.0 Å². The minimum Gasteiger partial charge on any atom is -0.460 e. The number of hydrogen-bond acceptors (Lipinski definition) is 4. The van der Waals surface area contributed by atoms with E-state index in [1.165, 1.54) is 12.1 Å². The number of carbonyl (C=O) groups is 1. The third-order valence-electron chi connectivity index (χ3n) is 4.24. The molecule has 3 rings (SSSR count). The lowest BCUT2D eigenvalue weighted by atomic mass is 9.98. The van der Waals surface area contributed by atoms with Gasteiger partial charge in [-0.05, 0) is 35.9 Å². The Balaban J connectivity index is 2.09. The van der Waals surface area contributed by atoms with Gasteiger partial charge in [-0.1, -0.05) is 6.07 Å². The van der Waals surface area contributed by atoms with Crippen molar-refractivity contribution in [3.8, 4) is 5.75 Å². The van der Waals surface area contributed by atoms with E-state index in [0.717, 1.165) is 42.7 Å². The molecule has 0 radical (unpaired) electrons. The SMILES string of the molecule is O=C(N[C@@H](c1ccc(OCF)c(F)c1)c1ncccc1C(F)(F)F)c1ccc(=O)[nH]c1. The van der Waals surface area contributed by atoms with E-state index >= 15 is 0 Å². The zero-order valence-electron chi connectivity index (χ0n) is 15.5. The van der Waals surface area contributed by atoms with Crippen LogP contribution in [0.3, 0.4) is 0 Å². The summed E-state index contributed by atoms with van der Waals surface area (Å²) in [7, 11) is 0. The number of carbonyl (C=O) groups excluding carboxylic acids is 1. The Morgan fingerprint density at radius 3 is 2.58 bits per heavy atom. The first kappa shape index (κ1) is 21.9. The fourth-order valence-corrected chi connectivity index (χ4v) is 2.84. The zero-order chi connectivity index (χ0) is 22.6. The van der Waals surface area contributed by atoms with Gasteiger partial charge in [0.25, 0.3) is 5.91 Å². The van der Waals surface area contributed by atoms with Crippen LogP contribution in [-0.2, 0) is 6.18 Å². The summed E-state index contributed by atoms with van der Waals surface area (Å²) < 4.78 is 71.7. The van der Waals surface area contributed by atoms with Crippen LogP contribution >= 0.6 is 0 Å². The van der Waals surface area contributed by atoms with Crippen LogP contribution < -0.4 is 15.6 Å². The van der Waals surface area contributed by atoms with Crippen LogP contribution in [-0.4, -0.2) is 22.7 Å². The second kappa shape index (κ2) is 8.94. The van der Waals surface area contributed by atoms with E-state index in [9.17, 15) is 31.5 Å². The number of aromatic amines is 1. The highest BCUT2D eigenvalue weighted by atomic mass is 19.4.